The third-order valence-corrected chi connectivity index (χ3v) is 4.00. The Kier molecular flexibility index (Phi) is 16.4. The van der Waals surface area contributed by atoms with Crippen LogP contribution in [0.3, 0.4) is 0 Å². The van der Waals surface area contributed by atoms with E-state index in [4.69, 9.17) is 0 Å². The van der Waals surface area contributed by atoms with Gasteiger partial charge in [0, 0.05) is 6.42 Å². The lowest BCUT2D eigenvalue weighted by atomic mass is 10.0. The number of rotatable bonds is 16. The summed E-state index contributed by atoms with van der Waals surface area (Å²) in [6.45, 7) is 2.26. The third kappa shape index (κ3) is 15.7. The fraction of sp³-hybridized carbons (Fsp3) is 0.944. The molecule has 0 saturated heterocycles. The molecule has 0 aliphatic rings. The van der Waals surface area contributed by atoms with Crippen molar-refractivity contribution in [2.75, 3.05) is 0 Å². The summed E-state index contributed by atoms with van der Waals surface area (Å²) in [6.07, 6.45) is 18.6. The van der Waals surface area contributed by atoms with Crippen LogP contribution in [0.2, 0.25) is 0 Å². The molecule has 0 aromatic rings. The summed E-state index contributed by atoms with van der Waals surface area (Å²) in [7, 11) is 0. The molecular weight excluding hydrogens is 248 g/mol. The molecule has 0 spiro atoms. The van der Waals surface area contributed by atoms with Crippen LogP contribution < -0.4 is 0 Å². The normalized spacial score (nSPS) is 12.5. The SMILES string of the molecule is CCCCCCCCCCCC(O)CCCCCC=O. The van der Waals surface area contributed by atoms with E-state index in [1.54, 1.807) is 0 Å². The maximum atomic E-state index is 10.2. The van der Waals surface area contributed by atoms with E-state index in [9.17, 15) is 9.90 Å². The quantitative estimate of drug-likeness (QED) is 0.303. The number of hydrogen-bond acceptors (Lipinski definition) is 2. The number of carbonyl (C=O) groups excluding carboxylic acids is 1. The molecule has 2 nitrogen and oxygen atoms in total. The van der Waals surface area contributed by atoms with Gasteiger partial charge < -0.3 is 9.90 Å². The summed E-state index contributed by atoms with van der Waals surface area (Å²) >= 11 is 0. The highest BCUT2D eigenvalue weighted by Gasteiger charge is 2.03. The molecule has 0 aliphatic carbocycles. The van der Waals surface area contributed by atoms with E-state index in [1.165, 1.54) is 57.8 Å². The zero-order valence-electron chi connectivity index (χ0n) is 13.6. The number of carbonyl (C=O) groups is 1. The molecule has 0 fully saturated rings. The van der Waals surface area contributed by atoms with Crippen LogP contribution >= 0.6 is 0 Å². The van der Waals surface area contributed by atoms with Crippen LogP contribution in [0.1, 0.15) is 103 Å². The lowest BCUT2D eigenvalue weighted by Crippen LogP contribution is -2.05. The molecule has 0 saturated carbocycles. The van der Waals surface area contributed by atoms with Gasteiger partial charge in [0.15, 0.2) is 0 Å². The summed E-state index contributed by atoms with van der Waals surface area (Å²) in [5, 5.41) is 9.84. The Hall–Kier alpha value is -0.370. The number of unbranched alkanes of at least 4 members (excludes halogenated alkanes) is 11. The van der Waals surface area contributed by atoms with Crippen molar-refractivity contribution in [1.29, 1.82) is 0 Å². The summed E-state index contributed by atoms with van der Waals surface area (Å²) in [5.41, 5.74) is 0. The first kappa shape index (κ1) is 19.6. The van der Waals surface area contributed by atoms with Crippen molar-refractivity contribution in [3.05, 3.63) is 0 Å². The first-order chi connectivity index (χ1) is 9.81. The second kappa shape index (κ2) is 16.7. The molecule has 2 heteroatoms. The summed E-state index contributed by atoms with van der Waals surface area (Å²) < 4.78 is 0. The first-order valence-corrected chi connectivity index (χ1v) is 8.93. The molecule has 0 aromatic carbocycles. The van der Waals surface area contributed by atoms with Crippen LogP contribution in [-0.4, -0.2) is 17.5 Å². The lowest BCUT2D eigenvalue weighted by Gasteiger charge is -2.09. The molecular formula is C18H36O2. The Morgan fingerprint density at radius 3 is 1.70 bits per heavy atom. The second-order valence-electron chi connectivity index (χ2n) is 6.08. The predicted molar refractivity (Wildman–Crippen MR) is 87.0 cm³/mol. The molecule has 1 N–H and O–H groups in total. The van der Waals surface area contributed by atoms with Gasteiger partial charge in [0.25, 0.3) is 0 Å². The van der Waals surface area contributed by atoms with E-state index in [0.717, 1.165) is 38.4 Å². The van der Waals surface area contributed by atoms with Crippen LogP contribution in [0.15, 0.2) is 0 Å². The third-order valence-electron chi connectivity index (χ3n) is 4.00. The summed E-state index contributed by atoms with van der Waals surface area (Å²) in [5.74, 6) is 0. The molecule has 120 valence electrons. The lowest BCUT2D eigenvalue weighted by molar-refractivity contribution is -0.107. The van der Waals surface area contributed by atoms with Gasteiger partial charge in [0.2, 0.25) is 0 Å². The van der Waals surface area contributed by atoms with E-state index in [1.807, 2.05) is 0 Å². The van der Waals surface area contributed by atoms with Crippen molar-refractivity contribution in [2.24, 2.45) is 0 Å². The van der Waals surface area contributed by atoms with Crippen molar-refractivity contribution in [3.8, 4) is 0 Å². The van der Waals surface area contributed by atoms with Gasteiger partial charge in [-0.15, -0.1) is 0 Å². The van der Waals surface area contributed by atoms with E-state index in [2.05, 4.69) is 6.92 Å². The van der Waals surface area contributed by atoms with Gasteiger partial charge in [0.1, 0.15) is 6.29 Å². The van der Waals surface area contributed by atoms with Gasteiger partial charge in [-0.2, -0.15) is 0 Å². The van der Waals surface area contributed by atoms with E-state index < -0.39 is 0 Å². The highest BCUT2D eigenvalue weighted by molar-refractivity contribution is 5.48. The molecule has 20 heavy (non-hydrogen) atoms. The topological polar surface area (TPSA) is 37.3 Å². The minimum Gasteiger partial charge on any atom is -0.393 e. The number of aliphatic hydroxyl groups is 1. The number of hydrogen-bond donors (Lipinski definition) is 1. The van der Waals surface area contributed by atoms with Crippen LogP contribution in [0.25, 0.3) is 0 Å². The standard InChI is InChI=1S/C18H36O2/c1-2-3-4-5-6-7-8-9-12-15-18(20)16-13-10-11-14-17-19/h17-18,20H,2-16H2,1H3. The molecule has 0 rings (SSSR count). The van der Waals surface area contributed by atoms with Crippen molar-refractivity contribution in [3.63, 3.8) is 0 Å². The molecule has 1 unspecified atom stereocenters. The Balaban J connectivity index is 3.11. The van der Waals surface area contributed by atoms with Crippen molar-refractivity contribution in [1.82, 2.24) is 0 Å². The van der Waals surface area contributed by atoms with E-state index >= 15 is 0 Å². The minimum absolute atomic E-state index is 0.115. The Morgan fingerprint density at radius 1 is 0.750 bits per heavy atom. The van der Waals surface area contributed by atoms with E-state index in [-0.39, 0.29) is 6.10 Å². The highest BCUT2D eigenvalue weighted by Crippen LogP contribution is 2.14. The average molecular weight is 284 g/mol. The molecule has 0 bridgehead atoms. The fourth-order valence-corrected chi connectivity index (χ4v) is 2.62. The Labute approximate surface area is 126 Å². The van der Waals surface area contributed by atoms with Crippen LogP contribution in [0, 0.1) is 0 Å². The average Bonchev–Trinajstić information content (AvgIpc) is 2.45. The van der Waals surface area contributed by atoms with Gasteiger partial charge in [-0.3, -0.25) is 0 Å². The zero-order valence-corrected chi connectivity index (χ0v) is 13.6. The molecule has 1 atom stereocenters. The molecule has 0 radical (unpaired) electrons. The highest BCUT2D eigenvalue weighted by atomic mass is 16.3. The molecule has 0 aliphatic heterocycles. The van der Waals surface area contributed by atoms with E-state index in [0.29, 0.717) is 6.42 Å². The van der Waals surface area contributed by atoms with Gasteiger partial charge >= 0.3 is 0 Å². The van der Waals surface area contributed by atoms with Gasteiger partial charge in [0.05, 0.1) is 6.10 Å². The van der Waals surface area contributed by atoms with Crippen LogP contribution in [0.5, 0.6) is 0 Å². The Morgan fingerprint density at radius 2 is 1.20 bits per heavy atom. The molecule has 0 amide bonds. The summed E-state index contributed by atoms with van der Waals surface area (Å²) in [6, 6.07) is 0. The predicted octanol–water partition coefficient (Wildman–Crippen LogP) is 5.42. The maximum absolute atomic E-state index is 10.2. The van der Waals surface area contributed by atoms with Gasteiger partial charge in [-0.1, -0.05) is 77.6 Å². The monoisotopic (exact) mass is 284 g/mol. The largest absolute Gasteiger partial charge is 0.393 e. The van der Waals surface area contributed by atoms with Crippen molar-refractivity contribution >= 4 is 6.29 Å². The first-order valence-electron chi connectivity index (χ1n) is 8.93. The minimum atomic E-state index is -0.115. The van der Waals surface area contributed by atoms with Gasteiger partial charge in [-0.05, 0) is 19.3 Å². The second-order valence-corrected chi connectivity index (χ2v) is 6.08. The smallest absolute Gasteiger partial charge is 0.119 e. The Bertz CT molecular complexity index is 192. The summed E-state index contributed by atoms with van der Waals surface area (Å²) in [4.78, 5) is 10.2. The maximum Gasteiger partial charge on any atom is 0.119 e. The number of aldehydes is 1. The van der Waals surface area contributed by atoms with Crippen LogP contribution in [-0.2, 0) is 4.79 Å². The zero-order chi connectivity index (χ0) is 14.9. The molecule has 0 aromatic heterocycles. The van der Waals surface area contributed by atoms with Crippen molar-refractivity contribution < 1.29 is 9.90 Å². The van der Waals surface area contributed by atoms with Gasteiger partial charge in [-0.25, -0.2) is 0 Å². The van der Waals surface area contributed by atoms with Crippen molar-refractivity contribution in [2.45, 2.75) is 109 Å². The fourth-order valence-electron chi connectivity index (χ4n) is 2.62. The van der Waals surface area contributed by atoms with Crippen LogP contribution in [0.4, 0.5) is 0 Å². The molecule has 0 heterocycles. The number of aliphatic hydroxyl groups excluding tert-OH is 1.